The van der Waals surface area contributed by atoms with Gasteiger partial charge in [-0.2, -0.15) is 0 Å². The van der Waals surface area contributed by atoms with E-state index in [2.05, 4.69) is 9.97 Å². The van der Waals surface area contributed by atoms with Gasteiger partial charge >= 0.3 is 0 Å². The minimum absolute atomic E-state index is 0.524. The van der Waals surface area contributed by atoms with Crippen molar-refractivity contribution in [3.05, 3.63) is 42.1 Å². The molecule has 0 saturated heterocycles. The number of aromatic nitrogens is 3. The van der Waals surface area contributed by atoms with Crippen molar-refractivity contribution in [3.8, 4) is 5.82 Å². The van der Waals surface area contributed by atoms with Gasteiger partial charge in [-0.1, -0.05) is 6.07 Å². The highest BCUT2D eigenvalue weighted by molar-refractivity contribution is 5.26. The molecule has 0 atom stereocenters. The van der Waals surface area contributed by atoms with E-state index in [1.807, 2.05) is 29.8 Å². The summed E-state index contributed by atoms with van der Waals surface area (Å²) in [6, 6.07) is 3.92. The lowest BCUT2D eigenvalue weighted by Gasteiger charge is -2.03. The zero-order valence-electron chi connectivity index (χ0n) is 8.01. The van der Waals surface area contributed by atoms with Crippen LogP contribution in [0.2, 0.25) is 0 Å². The number of hydrogen-bond donors (Lipinski definition) is 1. The Hall–Kier alpha value is -1.68. The molecule has 2 aromatic rings. The Morgan fingerprint density at radius 1 is 1.36 bits per heavy atom. The zero-order valence-corrected chi connectivity index (χ0v) is 8.01. The zero-order chi connectivity index (χ0) is 9.97. The van der Waals surface area contributed by atoms with Crippen molar-refractivity contribution in [2.24, 2.45) is 5.73 Å². The Morgan fingerprint density at radius 2 is 2.21 bits per heavy atom. The van der Waals surface area contributed by atoms with Gasteiger partial charge in [-0.05, 0) is 18.6 Å². The quantitative estimate of drug-likeness (QED) is 0.766. The fourth-order valence-corrected chi connectivity index (χ4v) is 1.30. The van der Waals surface area contributed by atoms with Gasteiger partial charge in [0.2, 0.25) is 0 Å². The molecule has 2 rings (SSSR count). The third kappa shape index (κ3) is 1.52. The summed E-state index contributed by atoms with van der Waals surface area (Å²) in [5.74, 6) is 1.80. The normalized spacial score (nSPS) is 10.4. The van der Waals surface area contributed by atoms with Crippen LogP contribution in [0.3, 0.4) is 0 Å². The number of imidazole rings is 1. The smallest absolute Gasteiger partial charge is 0.137 e. The maximum absolute atomic E-state index is 5.49. The highest BCUT2D eigenvalue weighted by Crippen LogP contribution is 2.07. The summed E-state index contributed by atoms with van der Waals surface area (Å²) in [7, 11) is 0. The molecule has 0 fully saturated rings. The molecule has 0 aliphatic heterocycles. The van der Waals surface area contributed by atoms with Crippen molar-refractivity contribution in [1.82, 2.24) is 14.5 Å². The molecule has 0 unspecified atom stereocenters. The molecule has 4 heteroatoms. The lowest BCUT2D eigenvalue weighted by atomic mass is 10.3. The second-order valence-electron chi connectivity index (χ2n) is 3.07. The van der Waals surface area contributed by atoms with Gasteiger partial charge < -0.3 is 5.73 Å². The summed E-state index contributed by atoms with van der Waals surface area (Å²) in [5.41, 5.74) is 6.52. The summed E-state index contributed by atoms with van der Waals surface area (Å²) in [6.07, 6.45) is 5.43. The van der Waals surface area contributed by atoms with Gasteiger partial charge in [-0.15, -0.1) is 0 Å². The molecule has 0 spiro atoms. The monoisotopic (exact) mass is 188 g/mol. The number of pyridine rings is 1. The molecule has 0 radical (unpaired) electrons. The van der Waals surface area contributed by atoms with Crippen LogP contribution >= 0.6 is 0 Å². The SMILES string of the molecule is Cc1nccn1-c1ccc(CN)cn1. The average Bonchev–Trinajstić information content (AvgIpc) is 2.65. The molecular weight excluding hydrogens is 176 g/mol. The predicted molar refractivity (Wildman–Crippen MR) is 54.0 cm³/mol. The first-order chi connectivity index (χ1) is 6.81. The Balaban J connectivity index is 2.39. The van der Waals surface area contributed by atoms with E-state index < -0.39 is 0 Å². The number of nitrogens with two attached hydrogens (primary N) is 1. The second kappa shape index (κ2) is 3.59. The summed E-state index contributed by atoms with van der Waals surface area (Å²) >= 11 is 0. The van der Waals surface area contributed by atoms with E-state index in [9.17, 15) is 0 Å². The molecule has 0 aromatic carbocycles. The van der Waals surface area contributed by atoms with Gasteiger partial charge in [0.05, 0.1) is 0 Å². The van der Waals surface area contributed by atoms with E-state index in [1.165, 1.54) is 0 Å². The Labute approximate surface area is 82.4 Å². The number of hydrogen-bond acceptors (Lipinski definition) is 3. The lowest BCUT2D eigenvalue weighted by Crippen LogP contribution is -2.01. The average molecular weight is 188 g/mol. The molecule has 0 bridgehead atoms. The molecule has 2 aromatic heterocycles. The molecule has 2 N–H and O–H groups in total. The first-order valence-corrected chi connectivity index (χ1v) is 4.46. The van der Waals surface area contributed by atoms with Crippen LogP contribution in [0.25, 0.3) is 5.82 Å². The molecule has 0 aliphatic carbocycles. The van der Waals surface area contributed by atoms with Gasteiger partial charge in [-0.25, -0.2) is 9.97 Å². The van der Waals surface area contributed by atoms with Gasteiger partial charge in [-0.3, -0.25) is 4.57 Å². The van der Waals surface area contributed by atoms with E-state index in [0.29, 0.717) is 6.54 Å². The third-order valence-corrected chi connectivity index (χ3v) is 2.12. The second-order valence-corrected chi connectivity index (χ2v) is 3.07. The van der Waals surface area contributed by atoms with Gasteiger partial charge in [0.1, 0.15) is 11.6 Å². The van der Waals surface area contributed by atoms with Crippen LogP contribution in [-0.2, 0) is 6.54 Å². The highest BCUT2D eigenvalue weighted by Gasteiger charge is 2.00. The Kier molecular flexibility index (Phi) is 2.28. The Morgan fingerprint density at radius 3 is 2.71 bits per heavy atom. The van der Waals surface area contributed by atoms with Gasteiger partial charge in [0, 0.05) is 25.1 Å². The van der Waals surface area contributed by atoms with E-state index >= 15 is 0 Å². The minimum atomic E-state index is 0.524. The predicted octanol–water partition coefficient (Wildman–Crippen LogP) is 1.03. The number of nitrogens with zero attached hydrogens (tertiary/aromatic N) is 3. The molecule has 4 nitrogen and oxygen atoms in total. The molecule has 2 heterocycles. The van der Waals surface area contributed by atoms with E-state index in [0.717, 1.165) is 17.2 Å². The topological polar surface area (TPSA) is 56.7 Å². The molecule has 14 heavy (non-hydrogen) atoms. The fourth-order valence-electron chi connectivity index (χ4n) is 1.30. The van der Waals surface area contributed by atoms with Crippen molar-refractivity contribution in [1.29, 1.82) is 0 Å². The molecule has 0 saturated carbocycles. The third-order valence-electron chi connectivity index (χ3n) is 2.12. The van der Waals surface area contributed by atoms with Crippen LogP contribution in [0.5, 0.6) is 0 Å². The van der Waals surface area contributed by atoms with Crippen LogP contribution in [0.15, 0.2) is 30.7 Å². The summed E-state index contributed by atoms with van der Waals surface area (Å²) in [5, 5.41) is 0. The molecular formula is C10H12N4. The number of rotatable bonds is 2. The van der Waals surface area contributed by atoms with E-state index in [1.54, 1.807) is 12.4 Å². The van der Waals surface area contributed by atoms with Crippen LogP contribution in [0.1, 0.15) is 11.4 Å². The van der Waals surface area contributed by atoms with Crippen LogP contribution in [-0.4, -0.2) is 14.5 Å². The van der Waals surface area contributed by atoms with Crippen LogP contribution in [0.4, 0.5) is 0 Å². The van der Waals surface area contributed by atoms with Crippen molar-refractivity contribution < 1.29 is 0 Å². The largest absolute Gasteiger partial charge is 0.326 e. The maximum atomic E-state index is 5.49. The number of aryl methyl sites for hydroxylation is 1. The first-order valence-electron chi connectivity index (χ1n) is 4.46. The van der Waals surface area contributed by atoms with Crippen LogP contribution < -0.4 is 5.73 Å². The summed E-state index contributed by atoms with van der Waals surface area (Å²) in [4.78, 5) is 8.43. The van der Waals surface area contributed by atoms with Gasteiger partial charge in [0.15, 0.2) is 0 Å². The molecule has 0 aliphatic rings. The fraction of sp³-hybridized carbons (Fsp3) is 0.200. The van der Waals surface area contributed by atoms with Gasteiger partial charge in [0.25, 0.3) is 0 Å². The molecule has 0 amide bonds. The first kappa shape index (κ1) is 8.90. The summed E-state index contributed by atoms with van der Waals surface area (Å²) < 4.78 is 1.93. The standard InChI is InChI=1S/C10H12N4/c1-8-12-4-5-14(8)10-3-2-9(6-11)7-13-10/h2-5,7H,6,11H2,1H3. The lowest BCUT2D eigenvalue weighted by molar-refractivity contribution is 0.922. The Bertz CT molecular complexity index is 416. The van der Waals surface area contributed by atoms with Crippen molar-refractivity contribution in [3.63, 3.8) is 0 Å². The molecule has 72 valence electrons. The van der Waals surface area contributed by atoms with Crippen molar-refractivity contribution in [2.45, 2.75) is 13.5 Å². The summed E-state index contributed by atoms with van der Waals surface area (Å²) in [6.45, 7) is 2.47. The van der Waals surface area contributed by atoms with E-state index in [4.69, 9.17) is 5.73 Å². The highest BCUT2D eigenvalue weighted by atomic mass is 15.1. The van der Waals surface area contributed by atoms with Crippen LogP contribution in [0, 0.1) is 6.92 Å². The van der Waals surface area contributed by atoms with E-state index in [-0.39, 0.29) is 0 Å². The van der Waals surface area contributed by atoms with Crippen molar-refractivity contribution >= 4 is 0 Å². The minimum Gasteiger partial charge on any atom is -0.326 e. The maximum Gasteiger partial charge on any atom is 0.137 e. The van der Waals surface area contributed by atoms with Crippen molar-refractivity contribution in [2.75, 3.05) is 0 Å².